The van der Waals surface area contributed by atoms with Crippen LogP contribution in [0.2, 0.25) is 18.1 Å². The van der Waals surface area contributed by atoms with E-state index in [1.54, 1.807) is 0 Å². The third kappa shape index (κ3) is 4.29. The molecule has 0 aromatic rings. The van der Waals surface area contributed by atoms with Gasteiger partial charge >= 0.3 is 5.97 Å². The van der Waals surface area contributed by atoms with Crippen molar-refractivity contribution in [3.63, 3.8) is 0 Å². The molecule has 0 unspecified atom stereocenters. The lowest BCUT2D eigenvalue weighted by atomic mass is 9.93. The van der Waals surface area contributed by atoms with Crippen molar-refractivity contribution in [3.8, 4) is 0 Å². The van der Waals surface area contributed by atoms with Crippen LogP contribution in [0.4, 0.5) is 0 Å². The van der Waals surface area contributed by atoms with Crippen LogP contribution in [-0.4, -0.2) is 46.0 Å². The number of rotatable bonds is 5. The van der Waals surface area contributed by atoms with E-state index in [4.69, 9.17) is 18.6 Å². The molecule has 0 aromatic heterocycles. The van der Waals surface area contributed by atoms with Gasteiger partial charge in [-0.25, -0.2) is 0 Å². The molecule has 0 amide bonds. The van der Waals surface area contributed by atoms with Crippen LogP contribution in [0.25, 0.3) is 0 Å². The number of carbonyl (C=O) groups excluding carboxylic acids is 1. The van der Waals surface area contributed by atoms with Gasteiger partial charge in [0.15, 0.2) is 14.6 Å². The third-order valence-electron chi connectivity index (χ3n) is 6.56. The zero-order chi connectivity index (χ0) is 18.2. The van der Waals surface area contributed by atoms with Crippen LogP contribution in [0.5, 0.6) is 0 Å². The summed E-state index contributed by atoms with van der Waals surface area (Å²) in [6.07, 6.45) is 4.47. The van der Waals surface area contributed by atoms with Crippen molar-refractivity contribution in [2.75, 3.05) is 13.2 Å². The first-order valence-electron chi connectivity index (χ1n) is 9.78. The number of esters is 1. The second kappa shape index (κ2) is 7.29. The Balaban J connectivity index is 1.66. The maximum Gasteiger partial charge on any atom is 0.306 e. The molecular formula is C19H34O5Si. The fraction of sp³-hybridized carbons (Fsp3) is 0.947. The Morgan fingerprint density at radius 3 is 2.64 bits per heavy atom. The van der Waals surface area contributed by atoms with Gasteiger partial charge in [0.1, 0.15) is 6.10 Å². The monoisotopic (exact) mass is 370 g/mol. The van der Waals surface area contributed by atoms with E-state index >= 15 is 0 Å². The van der Waals surface area contributed by atoms with Crippen LogP contribution < -0.4 is 0 Å². The fourth-order valence-corrected chi connectivity index (χ4v) is 4.92. The van der Waals surface area contributed by atoms with Crippen molar-refractivity contribution < 1.29 is 23.4 Å². The van der Waals surface area contributed by atoms with E-state index in [0.717, 1.165) is 32.3 Å². The van der Waals surface area contributed by atoms with Crippen LogP contribution in [0.3, 0.4) is 0 Å². The Bertz CT molecular complexity index is 481. The summed E-state index contributed by atoms with van der Waals surface area (Å²) >= 11 is 0. The molecule has 1 aliphatic carbocycles. The van der Waals surface area contributed by atoms with Crippen LogP contribution in [0, 0.1) is 11.8 Å². The summed E-state index contributed by atoms with van der Waals surface area (Å²) in [7, 11) is -1.83. The Morgan fingerprint density at radius 1 is 1.24 bits per heavy atom. The summed E-state index contributed by atoms with van der Waals surface area (Å²) < 4.78 is 24.1. The molecule has 1 saturated carbocycles. The van der Waals surface area contributed by atoms with E-state index in [1.807, 2.05) is 0 Å². The van der Waals surface area contributed by atoms with E-state index in [-0.39, 0.29) is 41.3 Å². The van der Waals surface area contributed by atoms with Crippen LogP contribution >= 0.6 is 0 Å². The summed E-state index contributed by atoms with van der Waals surface area (Å²) in [5, 5.41) is 0.176. The lowest BCUT2D eigenvalue weighted by Crippen LogP contribution is -2.44. The van der Waals surface area contributed by atoms with Crippen molar-refractivity contribution in [3.05, 3.63) is 0 Å². The number of fused-ring (bicyclic) bond motifs is 1. The van der Waals surface area contributed by atoms with Gasteiger partial charge in [-0.1, -0.05) is 20.8 Å². The van der Waals surface area contributed by atoms with Gasteiger partial charge in [-0.05, 0) is 37.4 Å². The minimum absolute atomic E-state index is 0.00546. The minimum atomic E-state index is -1.83. The van der Waals surface area contributed by atoms with E-state index in [2.05, 4.69) is 33.9 Å². The van der Waals surface area contributed by atoms with Crippen molar-refractivity contribution in [2.45, 2.75) is 89.5 Å². The molecular weight excluding hydrogens is 336 g/mol. The molecule has 5 atom stereocenters. The molecule has 0 bridgehead atoms. The normalized spacial score (nSPS) is 36.4. The van der Waals surface area contributed by atoms with Crippen molar-refractivity contribution in [1.82, 2.24) is 0 Å². The number of carbonyl (C=O) groups is 1. The zero-order valence-electron chi connectivity index (χ0n) is 16.4. The molecule has 144 valence electrons. The number of hydrogen-bond donors (Lipinski definition) is 0. The van der Waals surface area contributed by atoms with Crippen molar-refractivity contribution in [1.29, 1.82) is 0 Å². The fourth-order valence-electron chi connectivity index (χ4n) is 3.88. The Hall–Kier alpha value is -0.433. The summed E-state index contributed by atoms with van der Waals surface area (Å²) in [5.74, 6) is 0.377. The molecule has 0 radical (unpaired) electrons. The third-order valence-corrected chi connectivity index (χ3v) is 11.1. The quantitative estimate of drug-likeness (QED) is 0.543. The molecule has 2 saturated heterocycles. The van der Waals surface area contributed by atoms with Gasteiger partial charge < -0.3 is 18.6 Å². The highest BCUT2D eigenvalue weighted by Gasteiger charge is 2.52. The van der Waals surface area contributed by atoms with Gasteiger partial charge in [-0.3, -0.25) is 4.79 Å². The minimum Gasteiger partial charge on any atom is -0.462 e. The number of hydrogen-bond acceptors (Lipinski definition) is 5. The highest BCUT2D eigenvalue weighted by molar-refractivity contribution is 6.74. The molecule has 3 rings (SSSR count). The second-order valence-electron chi connectivity index (χ2n) is 9.34. The van der Waals surface area contributed by atoms with Gasteiger partial charge in [0, 0.05) is 31.5 Å². The smallest absolute Gasteiger partial charge is 0.306 e. The number of ether oxygens (including phenoxy) is 3. The summed E-state index contributed by atoms with van der Waals surface area (Å²) in [6.45, 7) is 12.7. The average molecular weight is 371 g/mol. The molecule has 25 heavy (non-hydrogen) atoms. The molecule has 3 aliphatic rings. The van der Waals surface area contributed by atoms with Crippen molar-refractivity contribution >= 4 is 14.3 Å². The zero-order valence-corrected chi connectivity index (χ0v) is 17.4. The predicted molar refractivity (Wildman–Crippen MR) is 97.7 cm³/mol. The molecule has 5 nitrogen and oxygen atoms in total. The van der Waals surface area contributed by atoms with Gasteiger partial charge in [0.2, 0.25) is 0 Å². The maximum atomic E-state index is 11.7. The molecule has 0 aromatic carbocycles. The Labute approximate surface area is 152 Å². The first kappa shape index (κ1) is 19.3. The van der Waals surface area contributed by atoms with E-state index in [1.165, 1.54) is 0 Å². The standard InChI is InChI=1S/C19H34O5Si/c1-19(2,3)25(4,5)22-12-14-13-10-17(20)23-15(13)11-16(14)24-18-8-6-7-9-21-18/h13-16,18H,6-12H2,1-5H3/t13-,14-,15+,16-,18+/m1/s1. The average Bonchev–Trinajstić information content (AvgIpc) is 3.01. The van der Waals surface area contributed by atoms with Gasteiger partial charge in [0.05, 0.1) is 12.5 Å². The predicted octanol–water partition coefficient (Wildman–Crippen LogP) is 3.87. The Morgan fingerprint density at radius 2 is 2.00 bits per heavy atom. The van der Waals surface area contributed by atoms with Crippen LogP contribution in [0.1, 0.15) is 52.9 Å². The molecule has 3 fully saturated rings. The highest BCUT2D eigenvalue weighted by atomic mass is 28.4. The first-order chi connectivity index (χ1) is 11.7. The Kier molecular flexibility index (Phi) is 5.64. The lowest BCUT2D eigenvalue weighted by Gasteiger charge is -2.38. The van der Waals surface area contributed by atoms with E-state index < -0.39 is 8.32 Å². The molecule has 2 aliphatic heterocycles. The second-order valence-corrected chi connectivity index (χ2v) is 14.1. The van der Waals surface area contributed by atoms with Gasteiger partial charge in [0.25, 0.3) is 0 Å². The van der Waals surface area contributed by atoms with E-state index in [9.17, 15) is 4.79 Å². The van der Waals surface area contributed by atoms with Crippen LogP contribution in [-0.2, 0) is 23.4 Å². The molecule has 0 spiro atoms. The summed E-state index contributed by atoms with van der Waals surface area (Å²) in [5.41, 5.74) is 0. The summed E-state index contributed by atoms with van der Waals surface area (Å²) in [6, 6.07) is 0. The lowest BCUT2D eigenvalue weighted by molar-refractivity contribution is -0.198. The van der Waals surface area contributed by atoms with Crippen LogP contribution in [0.15, 0.2) is 0 Å². The largest absolute Gasteiger partial charge is 0.462 e. The van der Waals surface area contributed by atoms with Gasteiger partial charge in [-0.2, -0.15) is 0 Å². The first-order valence-corrected chi connectivity index (χ1v) is 12.7. The SMILES string of the molecule is CC(C)(C)[Si](C)(C)OC[C@@H]1[C@H]2CC(=O)O[C@H]2C[C@H]1O[C@H]1CCCCO1. The van der Waals surface area contributed by atoms with Gasteiger partial charge in [-0.15, -0.1) is 0 Å². The molecule has 6 heteroatoms. The molecule has 0 N–H and O–H groups in total. The highest BCUT2D eigenvalue weighted by Crippen LogP contribution is 2.45. The maximum absolute atomic E-state index is 11.7. The topological polar surface area (TPSA) is 54.0 Å². The molecule has 2 heterocycles. The van der Waals surface area contributed by atoms with E-state index in [0.29, 0.717) is 13.0 Å². The van der Waals surface area contributed by atoms with Crippen molar-refractivity contribution in [2.24, 2.45) is 11.8 Å². The summed E-state index contributed by atoms with van der Waals surface area (Å²) in [4.78, 5) is 11.7.